The van der Waals surface area contributed by atoms with Gasteiger partial charge in [0.1, 0.15) is 4.88 Å². The minimum absolute atomic E-state index is 0.193. The van der Waals surface area contributed by atoms with Crippen LogP contribution in [0.1, 0.15) is 49.7 Å². The standard InChI is InChI=1S/C15H22O2S/c1-4-12(2)7-8-13(3)9-10-17-15(16)14-6-5-11-18-14/h4-6,11,13H,7-10H2,1-3H3/b12-4-. The van der Waals surface area contributed by atoms with Crippen molar-refractivity contribution in [3.05, 3.63) is 34.0 Å². The van der Waals surface area contributed by atoms with Crippen molar-refractivity contribution in [3.63, 3.8) is 0 Å². The quantitative estimate of drug-likeness (QED) is 0.529. The molecule has 1 aromatic heterocycles. The molecule has 1 atom stereocenters. The minimum Gasteiger partial charge on any atom is -0.461 e. The molecule has 0 aromatic carbocycles. The van der Waals surface area contributed by atoms with Crippen molar-refractivity contribution in [1.82, 2.24) is 0 Å². The van der Waals surface area contributed by atoms with Crippen LogP contribution < -0.4 is 0 Å². The molecule has 0 fully saturated rings. The van der Waals surface area contributed by atoms with E-state index in [1.54, 1.807) is 6.07 Å². The SMILES string of the molecule is C/C=C(/C)CCC(C)CCOC(=O)c1cccs1. The molecular weight excluding hydrogens is 244 g/mol. The molecule has 18 heavy (non-hydrogen) atoms. The summed E-state index contributed by atoms with van der Waals surface area (Å²) in [6.45, 7) is 6.96. The average molecular weight is 266 g/mol. The summed E-state index contributed by atoms with van der Waals surface area (Å²) in [6.07, 6.45) is 5.39. The molecule has 1 aromatic rings. The summed E-state index contributed by atoms with van der Waals surface area (Å²) in [4.78, 5) is 12.3. The lowest BCUT2D eigenvalue weighted by Gasteiger charge is -2.11. The van der Waals surface area contributed by atoms with Gasteiger partial charge in [0.15, 0.2) is 0 Å². The number of carbonyl (C=O) groups excluding carboxylic acids is 1. The van der Waals surface area contributed by atoms with Gasteiger partial charge in [0.25, 0.3) is 0 Å². The van der Waals surface area contributed by atoms with E-state index in [0.717, 1.165) is 19.3 Å². The molecule has 0 amide bonds. The van der Waals surface area contributed by atoms with Crippen molar-refractivity contribution in [2.24, 2.45) is 5.92 Å². The van der Waals surface area contributed by atoms with Crippen LogP contribution in [0.4, 0.5) is 0 Å². The number of ether oxygens (including phenoxy) is 1. The molecule has 2 nitrogen and oxygen atoms in total. The molecule has 100 valence electrons. The predicted octanol–water partition coefficient (Wildman–Crippen LogP) is 4.68. The fourth-order valence-electron chi connectivity index (χ4n) is 1.58. The third-order valence-electron chi connectivity index (χ3n) is 3.09. The van der Waals surface area contributed by atoms with Crippen molar-refractivity contribution in [3.8, 4) is 0 Å². The highest BCUT2D eigenvalue weighted by Crippen LogP contribution is 2.15. The average Bonchev–Trinajstić information content (AvgIpc) is 2.89. The Kier molecular flexibility index (Phi) is 6.73. The minimum atomic E-state index is -0.193. The molecule has 0 saturated carbocycles. The second kappa shape index (κ2) is 8.09. The van der Waals surface area contributed by atoms with Crippen LogP contribution in [0, 0.1) is 5.92 Å². The van der Waals surface area contributed by atoms with Crippen LogP contribution in [0.3, 0.4) is 0 Å². The zero-order valence-corrected chi connectivity index (χ0v) is 12.3. The second-order valence-corrected chi connectivity index (χ2v) is 5.63. The number of esters is 1. The first-order valence-corrected chi connectivity index (χ1v) is 7.34. The van der Waals surface area contributed by atoms with Crippen LogP contribution in [-0.2, 0) is 4.74 Å². The van der Waals surface area contributed by atoms with Crippen LogP contribution in [0.5, 0.6) is 0 Å². The van der Waals surface area contributed by atoms with Gasteiger partial charge < -0.3 is 4.74 Å². The van der Waals surface area contributed by atoms with E-state index in [4.69, 9.17) is 4.74 Å². The number of carbonyl (C=O) groups is 1. The zero-order valence-electron chi connectivity index (χ0n) is 11.4. The first kappa shape index (κ1) is 15.0. The Balaban J connectivity index is 2.16. The summed E-state index contributed by atoms with van der Waals surface area (Å²) in [5, 5.41) is 1.89. The van der Waals surface area contributed by atoms with E-state index >= 15 is 0 Å². The largest absolute Gasteiger partial charge is 0.461 e. The summed E-state index contributed by atoms with van der Waals surface area (Å²) in [6, 6.07) is 3.66. The predicted molar refractivity (Wildman–Crippen MR) is 77.0 cm³/mol. The Bertz CT molecular complexity index is 379. The normalized spacial score (nSPS) is 13.4. The van der Waals surface area contributed by atoms with Gasteiger partial charge in [-0.05, 0) is 50.5 Å². The number of rotatable bonds is 7. The Morgan fingerprint density at radius 2 is 2.28 bits per heavy atom. The van der Waals surface area contributed by atoms with Crippen molar-refractivity contribution in [1.29, 1.82) is 0 Å². The number of hydrogen-bond donors (Lipinski definition) is 0. The molecule has 3 heteroatoms. The Morgan fingerprint density at radius 1 is 1.50 bits per heavy atom. The third-order valence-corrected chi connectivity index (χ3v) is 3.94. The first-order chi connectivity index (χ1) is 8.63. The van der Waals surface area contributed by atoms with E-state index in [9.17, 15) is 4.79 Å². The Labute approximate surface area is 114 Å². The topological polar surface area (TPSA) is 26.3 Å². The first-order valence-electron chi connectivity index (χ1n) is 6.46. The fraction of sp³-hybridized carbons (Fsp3) is 0.533. The summed E-state index contributed by atoms with van der Waals surface area (Å²) < 4.78 is 5.25. The maximum absolute atomic E-state index is 11.6. The van der Waals surface area contributed by atoms with Gasteiger partial charge in [-0.1, -0.05) is 24.6 Å². The van der Waals surface area contributed by atoms with Gasteiger partial charge in [-0.15, -0.1) is 11.3 Å². The summed E-state index contributed by atoms with van der Waals surface area (Å²) in [5.74, 6) is 0.401. The Hall–Kier alpha value is -1.09. The molecule has 0 radical (unpaired) electrons. The third kappa shape index (κ3) is 5.50. The summed E-state index contributed by atoms with van der Waals surface area (Å²) >= 11 is 1.43. The van der Waals surface area contributed by atoms with Gasteiger partial charge in [0, 0.05) is 0 Å². The molecule has 0 N–H and O–H groups in total. The van der Waals surface area contributed by atoms with Gasteiger partial charge in [-0.2, -0.15) is 0 Å². The van der Waals surface area contributed by atoms with E-state index in [1.165, 1.54) is 16.9 Å². The highest BCUT2D eigenvalue weighted by molar-refractivity contribution is 7.11. The van der Waals surface area contributed by atoms with E-state index in [-0.39, 0.29) is 5.97 Å². The Morgan fingerprint density at radius 3 is 2.89 bits per heavy atom. The van der Waals surface area contributed by atoms with E-state index in [1.807, 2.05) is 11.4 Å². The summed E-state index contributed by atoms with van der Waals surface area (Å²) in [7, 11) is 0. The smallest absolute Gasteiger partial charge is 0.348 e. The number of allylic oxidation sites excluding steroid dienone is 2. The maximum atomic E-state index is 11.6. The lowest BCUT2D eigenvalue weighted by Crippen LogP contribution is -2.08. The van der Waals surface area contributed by atoms with Gasteiger partial charge in [0.2, 0.25) is 0 Å². The second-order valence-electron chi connectivity index (χ2n) is 4.68. The van der Waals surface area contributed by atoms with Crippen molar-refractivity contribution in [2.75, 3.05) is 6.61 Å². The molecule has 0 spiro atoms. The van der Waals surface area contributed by atoms with Crippen molar-refractivity contribution < 1.29 is 9.53 Å². The van der Waals surface area contributed by atoms with Crippen molar-refractivity contribution in [2.45, 2.75) is 40.0 Å². The van der Waals surface area contributed by atoms with Gasteiger partial charge in [-0.25, -0.2) is 4.79 Å². The molecule has 1 rings (SSSR count). The van der Waals surface area contributed by atoms with Gasteiger partial charge in [0.05, 0.1) is 6.61 Å². The molecule has 0 aliphatic rings. The van der Waals surface area contributed by atoms with Crippen LogP contribution in [0.15, 0.2) is 29.2 Å². The van der Waals surface area contributed by atoms with Crippen LogP contribution in [0.2, 0.25) is 0 Å². The van der Waals surface area contributed by atoms with Crippen LogP contribution >= 0.6 is 11.3 Å². The van der Waals surface area contributed by atoms with Crippen molar-refractivity contribution >= 4 is 17.3 Å². The molecule has 1 heterocycles. The lowest BCUT2D eigenvalue weighted by atomic mass is 9.99. The van der Waals surface area contributed by atoms with Gasteiger partial charge in [-0.3, -0.25) is 0 Å². The molecule has 0 aliphatic heterocycles. The highest BCUT2D eigenvalue weighted by Gasteiger charge is 2.09. The number of hydrogen-bond acceptors (Lipinski definition) is 3. The zero-order chi connectivity index (χ0) is 13.4. The monoisotopic (exact) mass is 266 g/mol. The molecule has 1 unspecified atom stereocenters. The van der Waals surface area contributed by atoms with E-state index < -0.39 is 0 Å². The molecule has 0 saturated heterocycles. The van der Waals surface area contributed by atoms with Crippen LogP contribution in [-0.4, -0.2) is 12.6 Å². The van der Waals surface area contributed by atoms with Gasteiger partial charge >= 0.3 is 5.97 Å². The molecule has 0 bridgehead atoms. The molecular formula is C15H22O2S. The lowest BCUT2D eigenvalue weighted by molar-refractivity contribution is 0.0490. The van der Waals surface area contributed by atoms with E-state index in [0.29, 0.717) is 17.4 Å². The van der Waals surface area contributed by atoms with Crippen LogP contribution in [0.25, 0.3) is 0 Å². The fourth-order valence-corrected chi connectivity index (χ4v) is 2.20. The van der Waals surface area contributed by atoms with E-state index in [2.05, 4.69) is 26.8 Å². The summed E-state index contributed by atoms with van der Waals surface area (Å²) in [5.41, 5.74) is 1.43. The number of thiophene rings is 1. The highest BCUT2D eigenvalue weighted by atomic mass is 32.1. The maximum Gasteiger partial charge on any atom is 0.348 e. The molecule has 0 aliphatic carbocycles.